The SMILES string of the molecule is CCC[Si](C)(OCC)OC(N)(CC)CN. The topological polar surface area (TPSA) is 70.5 Å². The van der Waals surface area contributed by atoms with Gasteiger partial charge in [-0.2, -0.15) is 0 Å². The second-order valence-electron chi connectivity index (χ2n) is 4.04. The molecule has 5 heteroatoms. The maximum absolute atomic E-state index is 6.05. The molecule has 4 N–H and O–H groups in total. The van der Waals surface area contributed by atoms with Crippen LogP contribution in [-0.4, -0.2) is 27.4 Å². The van der Waals surface area contributed by atoms with E-state index < -0.39 is 14.3 Å². The smallest absolute Gasteiger partial charge is 0.336 e. The molecule has 15 heavy (non-hydrogen) atoms. The zero-order chi connectivity index (χ0) is 11.9. The Morgan fingerprint density at radius 2 is 1.87 bits per heavy atom. The van der Waals surface area contributed by atoms with Gasteiger partial charge in [0.2, 0.25) is 0 Å². The van der Waals surface area contributed by atoms with Crippen molar-refractivity contribution in [2.75, 3.05) is 13.2 Å². The van der Waals surface area contributed by atoms with E-state index >= 15 is 0 Å². The molecule has 0 amide bonds. The van der Waals surface area contributed by atoms with Gasteiger partial charge in [-0.15, -0.1) is 0 Å². The standard InChI is InChI=1S/C10H26N2O2Si/c1-5-8-15(4,13-7-3)14-10(12,6-2)9-11/h5-9,11-12H2,1-4H3. The number of nitrogens with two attached hydrogens (primary N) is 2. The lowest BCUT2D eigenvalue weighted by molar-refractivity contribution is 0.0311. The normalized spacial score (nSPS) is 19.6. The van der Waals surface area contributed by atoms with Crippen molar-refractivity contribution in [2.24, 2.45) is 11.5 Å². The van der Waals surface area contributed by atoms with Crippen LogP contribution in [-0.2, 0) is 8.85 Å². The molecule has 0 fully saturated rings. The summed E-state index contributed by atoms with van der Waals surface area (Å²) in [6.07, 6.45) is 1.76. The van der Waals surface area contributed by atoms with Gasteiger partial charge in [0.05, 0.1) is 0 Å². The number of hydrogen-bond donors (Lipinski definition) is 2. The van der Waals surface area contributed by atoms with E-state index in [1.165, 1.54) is 0 Å². The van der Waals surface area contributed by atoms with E-state index in [9.17, 15) is 0 Å². The van der Waals surface area contributed by atoms with Crippen molar-refractivity contribution in [3.8, 4) is 0 Å². The molecule has 0 aliphatic rings. The first-order chi connectivity index (χ1) is 6.95. The maximum atomic E-state index is 6.05. The molecule has 0 rings (SSSR count). The van der Waals surface area contributed by atoms with E-state index in [0.717, 1.165) is 12.5 Å². The van der Waals surface area contributed by atoms with Crippen LogP contribution in [0, 0.1) is 0 Å². The van der Waals surface area contributed by atoms with E-state index in [1.807, 2.05) is 13.8 Å². The van der Waals surface area contributed by atoms with Crippen LogP contribution in [0.15, 0.2) is 0 Å². The monoisotopic (exact) mass is 234 g/mol. The summed E-state index contributed by atoms with van der Waals surface area (Å²) in [4.78, 5) is 0. The number of rotatable bonds is 8. The second-order valence-corrected chi connectivity index (χ2v) is 7.30. The highest BCUT2D eigenvalue weighted by molar-refractivity contribution is 6.66. The molecule has 2 atom stereocenters. The minimum atomic E-state index is -2.13. The molecular formula is C10H26N2O2Si. The highest BCUT2D eigenvalue weighted by atomic mass is 28.4. The summed E-state index contributed by atoms with van der Waals surface area (Å²) in [5.74, 6) is 0. The second kappa shape index (κ2) is 6.60. The first kappa shape index (κ1) is 15.1. The van der Waals surface area contributed by atoms with Crippen LogP contribution in [0.1, 0.15) is 33.6 Å². The highest BCUT2D eigenvalue weighted by Crippen LogP contribution is 2.22. The summed E-state index contributed by atoms with van der Waals surface area (Å²) >= 11 is 0. The molecule has 0 aliphatic heterocycles. The van der Waals surface area contributed by atoms with Gasteiger partial charge in [0.25, 0.3) is 0 Å². The molecule has 0 aromatic rings. The van der Waals surface area contributed by atoms with E-state index in [1.54, 1.807) is 0 Å². The first-order valence-electron chi connectivity index (χ1n) is 5.78. The predicted octanol–water partition coefficient (Wildman–Crippen LogP) is 1.55. The lowest BCUT2D eigenvalue weighted by atomic mass is 10.2. The third kappa shape index (κ3) is 5.08. The molecule has 0 radical (unpaired) electrons. The van der Waals surface area contributed by atoms with Crippen LogP contribution >= 0.6 is 0 Å². The Bertz CT molecular complexity index is 169. The van der Waals surface area contributed by atoms with Gasteiger partial charge >= 0.3 is 8.56 Å². The van der Waals surface area contributed by atoms with Crippen LogP contribution in [0.4, 0.5) is 0 Å². The molecule has 0 saturated heterocycles. The molecule has 0 saturated carbocycles. The van der Waals surface area contributed by atoms with Crippen molar-refractivity contribution in [1.29, 1.82) is 0 Å². The van der Waals surface area contributed by atoms with Gasteiger partial charge in [-0.1, -0.05) is 20.3 Å². The Labute approximate surface area is 94.6 Å². The molecule has 4 nitrogen and oxygen atoms in total. The molecule has 0 heterocycles. The highest BCUT2D eigenvalue weighted by Gasteiger charge is 2.38. The molecule has 0 aliphatic carbocycles. The van der Waals surface area contributed by atoms with E-state index in [2.05, 4.69) is 13.5 Å². The Morgan fingerprint density at radius 3 is 2.20 bits per heavy atom. The lowest BCUT2D eigenvalue weighted by Crippen LogP contribution is -2.57. The molecule has 0 bridgehead atoms. The Morgan fingerprint density at radius 1 is 1.27 bits per heavy atom. The zero-order valence-electron chi connectivity index (χ0n) is 10.5. The van der Waals surface area contributed by atoms with E-state index in [-0.39, 0.29) is 0 Å². The third-order valence-corrected chi connectivity index (χ3v) is 5.66. The Kier molecular flexibility index (Phi) is 6.62. The van der Waals surface area contributed by atoms with Gasteiger partial charge in [0, 0.05) is 13.2 Å². The van der Waals surface area contributed by atoms with E-state index in [4.69, 9.17) is 20.3 Å². The Balaban J connectivity index is 4.50. The molecule has 0 aromatic carbocycles. The summed E-state index contributed by atoms with van der Waals surface area (Å²) in [5.41, 5.74) is 11.0. The van der Waals surface area contributed by atoms with E-state index in [0.29, 0.717) is 19.6 Å². The summed E-state index contributed by atoms with van der Waals surface area (Å²) in [6, 6.07) is 0.958. The van der Waals surface area contributed by atoms with Crippen LogP contribution < -0.4 is 11.5 Å². The van der Waals surface area contributed by atoms with Crippen molar-refractivity contribution in [3.05, 3.63) is 0 Å². The maximum Gasteiger partial charge on any atom is 0.336 e. The lowest BCUT2D eigenvalue weighted by Gasteiger charge is -2.37. The predicted molar refractivity (Wildman–Crippen MR) is 65.7 cm³/mol. The quantitative estimate of drug-likeness (QED) is 0.494. The third-order valence-electron chi connectivity index (χ3n) is 2.52. The Hall–Kier alpha value is 0.0569. The van der Waals surface area contributed by atoms with Gasteiger partial charge in [0.15, 0.2) is 0 Å². The summed E-state index contributed by atoms with van der Waals surface area (Å²) in [5, 5.41) is 0. The molecule has 92 valence electrons. The van der Waals surface area contributed by atoms with Gasteiger partial charge in [0.1, 0.15) is 5.72 Å². The first-order valence-corrected chi connectivity index (χ1v) is 8.30. The average Bonchev–Trinajstić information content (AvgIpc) is 2.18. The van der Waals surface area contributed by atoms with Crippen molar-refractivity contribution >= 4 is 8.56 Å². The van der Waals surface area contributed by atoms with Crippen LogP contribution in [0.25, 0.3) is 0 Å². The van der Waals surface area contributed by atoms with Gasteiger partial charge < -0.3 is 20.3 Å². The van der Waals surface area contributed by atoms with Crippen molar-refractivity contribution < 1.29 is 8.85 Å². The average molecular weight is 234 g/mol. The van der Waals surface area contributed by atoms with Crippen LogP contribution in [0.5, 0.6) is 0 Å². The fourth-order valence-corrected chi connectivity index (χ4v) is 4.51. The minimum absolute atomic E-state index is 0.336. The molecule has 2 unspecified atom stereocenters. The minimum Gasteiger partial charge on any atom is -0.395 e. The molecule has 0 aromatic heterocycles. The molecular weight excluding hydrogens is 208 g/mol. The summed E-state index contributed by atoms with van der Waals surface area (Å²) in [7, 11) is -2.13. The van der Waals surface area contributed by atoms with Gasteiger partial charge in [-0.25, -0.2) is 0 Å². The molecule has 0 spiro atoms. The van der Waals surface area contributed by atoms with Crippen LogP contribution in [0.3, 0.4) is 0 Å². The summed E-state index contributed by atoms with van der Waals surface area (Å²) < 4.78 is 11.7. The van der Waals surface area contributed by atoms with Gasteiger partial charge in [-0.05, 0) is 25.9 Å². The van der Waals surface area contributed by atoms with Crippen molar-refractivity contribution in [1.82, 2.24) is 0 Å². The fraction of sp³-hybridized carbons (Fsp3) is 1.00. The largest absolute Gasteiger partial charge is 0.395 e. The summed E-state index contributed by atoms with van der Waals surface area (Å²) in [6.45, 7) is 9.17. The van der Waals surface area contributed by atoms with Crippen molar-refractivity contribution in [2.45, 2.75) is 51.9 Å². The van der Waals surface area contributed by atoms with Gasteiger partial charge in [-0.3, -0.25) is 0 Å². The fourth-order valence-electron chi connectivity index (χ4n) is 1.60. The zero-order valence-corrected chi connectivity index (χ0v) is 11.5. The van der Waals surface area contributed by atoms with Crippen LogP contribution in [0.2, 0.25) is 12.6 Å². The van der Waals surface area contributed by atoms with Crippen molar-refractivity contribution in [3.63, 3.8) is 0 Å². The number of hydrogen-bond acceptors (Lipinski definition) is 4.